The third-order valence-electron chi connectivity index (χ3n) is 3.57. The van der Waals surface area contributed by atoms with Crippen LogP contribution in [0.3, 0.4) is 0 Å². The highest BCUT2D eigenvalue weighted by molar-refractivity contribution is 5.94. The Labute approximate surface area is 111 Å². The highest BCUT2D eigenvalue weighted by Gasteiger charge is 2.30. The first kappa shape index (κ1) is 13.6. The maximum absolute atomic E-state index is 12.0. The summed E-state index contributed by atoms with van der Waals surface area (Å²) in [5, 5.41) is 2.86. The predicted molar refractivity (Wildman–Crippen MR) is 69.0 cm³/mol. The Kier molecular flexibility index (Phi) is 4.21. The Balaban J connectivity index is 2.02. The third-order valence-corrected chi connectivity index (χ3v) is 3.57. The highest BCUT2D eigenvalue weighted by atomic mass is 16.3. The maximum atomic E-state index is 12.0. The summed E-state index contributed by atoms with van der Waals surface area (Å²) in [5.74, 6) is -0.319. The van der Waals surface area contributed by atoms with Crippen LogP contribution < -0.4 is 16.8 Å². The molecule has 0 radical (unpaired) electrons. The second-order valence-electron chi connectivity index (χ2n) is 4.88. The molecule has 0 bridgehead atoms. The lowest BCUT2D eigenvalue weighted by Gasteiger charge is -2.29. The van der Waals surface area contributed by atoms with E-state index >= 15 is 0 Å². The van der Waals surface area contributed by atoms with Crippen molar-refractivity contribution in [3.8, 4) is 0 Å². The van der Waals surface area contributed by atoms with Crippen molar-refractivity contribution in [2.24, 2.45) is 17.4 Å². The molecule has 19 heavy (non-hydrogen) atoms. The molecule has 0 saturated heterocycles. The van der Waals surface area contributed by atoms with Gasteiger partial charge in [0.25, 0.3) is 5.91 Å². The molecule has 1 aromatic rings. The quantitative estimate of drug-likeness (QED) is 0.736. The minimum Gasteiger partial charge on any atom is -0.467 e. The van der Waals surface area contributed by atoms with Crippen LogP contribution in [0.25, 0.3) is 0 Å². The highest BCUT2D eigenvalue weighted by Crippen LogP contribution is 2.24. The van der Waals surface area contributed by atoms with Crippen LogP contribution in [0.1, 0.15) is 41.8 Å². The van der Waals surface area contributed by atoms with Crippen LogP contribution in [-0.2, 0) is 11.3 Å². The predicted octanol–water partition coefficient (Wildman–Crippen LogP) is 0.512. The number of hydrogen-bond acceptors (Lipinski definition) is 4. The number of furan rings is 1. The van der Waals surface area contributed by atoms with Crippen LogP contribution >= 0.6 is 0 Å². The van der Waals surface area contributed by atoms with E-state index in [0.717, 1.165) is 25.7 Å². The van der Waals surface area contributed by atoms with Crippen LogP contribution in [0.4, 0.5) is 0 Å². The van der Waals surface area contributed by atoms with E-state index in [9.17, 15) is 9.59 Å². The Hall–Kier alpha value is -1.82. The molecule has 1 aromatic heterocycles. The van der Waals surface area contributed by atoms with Crippen LogP contribution in [-0.4, -0.2) is 17.9 Å². The molecular formula is C13H19N3O3. The maximum Gasteiger partial charge on any atom is 0.254 e. The molecule has 0 aromatic carbocycles. The van der Waals surface area contributed by atoms with E-state index < -0.39 is 0 Å². The average Bonchev–Trinajstić information content (AvgIpc) is 2.88. The molecule has 104 valence electrons. The molecule has 1 aliphatic rings. The number of carbonyl (C=O) groups is 2. The normalized spacial score (nSPS) is 23.0. The van der Waals surface area contributed by atoms with Gasteiger partial charge in [-0.1, -0.05) is 12.8 Å². The lowest BCUT2D eigenvalue weighted by molar-refractivity contribution is -0.123. The first-order valence-electron chi connectivity index (χ1n) is 6.49. The van der Waals surface area contributed by atoms with Crippen molar-refractivity contribution < 1.29 is 14.0 Å². The molecule has 5 N–H and O–H groups in total. The number of nitrogens with two attached hydrogens (primary N) is 2. The summed E-state index contributed by atoms with van der Waals surface area (Å²) in [6.07, 6.45) is 4.86. The van der Waals surface area contributed by atoms with Crippen molar-refractivity contribution in [2.45, 2.75) is 38.3 Å². The van der Waals surface area contributed by atoms with Crippen molar-refractivity contribution in [3.05, 3.63) is 23.7 Å². The topological polar surface area (TPSA) is 111 Å². The van der Waals surface area contributed by atoms with Crippen LogP contribution in [0.5, 0.6) is 0 Å². The van der Waals surface area contributed by atoms with E-state index in [0.29, 0.717) is 11.3 Å². The fraction of sp³-hybridized carbons (Fsp3) is 0.538. The van der Waals surface area contributed by atoms with Crippen molar-refractivity contribution in [2.75, 3.05) is 0 Å². The standard InChI is InChI=1S/C13H19N3O3/c14-6-9-5-8(7-19-9)13(18)16-11-4-2-1-3-10(11)12(15)17/h5,7,10-11H,1-4,6,14H2,(H2,15,17)(H,16,18). The number of amides is 2. The molecule has 2 amide bonds. The van der Waals surface area contributed by atoms with Gasteiger partial charge in [0.1, 0.15) is 12.0 Å². The SMILES string of the molecule is NCc1cc(C(=O)NC2CCCCC2C(N)=O)co1. The Morgan fingerprint density at radius 3 is 2.74 bits per heavy atom. The molecule has 6 nitrogen and oxygen atoms in total. The van der Waals surface area contributed by atoms with Gasteiger partial charge in [-0.25, -0.2) is 0 Å². The second-order valence-corrected chi connectivity index (χ2v) is 4.88. The zero-order chi connectivity index (χ0) is 13.8. The van der Waals surface area contributed by atoms with Crippen LogP contribution in [0.15, 0.2) is 16.7 Å². The number of rotatable bonds is 4. The van der Waals surface area contributed by atoms with Crippen molar-refractivity contribution in [3.63, 3.8) is 0 Å². The zero-order valence-electron chi connectivity index (χ0n) is 10.7. The molecule has 0 spiro atoms. The van der Waals surface area contributed by atoms with Crippen molar-refractivity contribution in [1.82, 2.24) is 5.32 Å². The molecule has 1 aliphatic carbocycles. The summed E-state index contributed by atoms with van der Waals surface area (Å²) in [6.45, 7) is 0.251. The summed E-state index contributed by atoms with van der Waals surface area (Å²) in [5.41, 5.74) is 11.2. The van der Waals surface area contributed by atoms with E-state index in [2.05, 4.69) is 5.32 Å². The number of hydrogen-bond donors (Lipinski definition) is 3. The Morgan fingerprint density at radius 2 is 2.11 bits per heavy atom. The fourth-order valence-corrected chi connectivity index (χ4v) is 2.50. The molecule has 1 saturated carbocycles. The Bertz CT molecular complexity index is 469. The van der Waals surface area contributed by atoms with Gasteiger partial charge >= 0.3 is 0 Å². The number of nitrogens with one attached hydrogen (secondary N) is 1. The molecule has 1 fully saturated rings. The van der Waals surface area contributed by atoms with Gasteiger partial charge in [-0.3, -0.25) is 9.59 Å². The largest absolute Gasteiger partial charge is 0.467 e. The van der Waals surface area contributed by atoms with E-state index in [1.807, 2.05) is 0 Å². The van der Waals surface area contributed by atoms with Gasteiger partial charge in [0, 0.05) is 6.04 Å². The smallest absolute Gasteiger partial charge is 0.254 e. The third kappa shape index (κ3) is 3.14. The lowest BCUT2D eigenvalue weighted by atomic mass is 9.84. The van der Waals surface area contributed by atoms with Gasteiger partial charge in [0.15, 0.2) is 0 Å². The monoisotopic (exact) mass is 265 g/mol. The molecule has 6 heteroatoms. The van der Waals surface area contributed by atoms with Gasteiger partial charge in [0.05, 0.1) is 18.0 Å². The molecular weight excluding hydrogens is 246 g/mol. The van der Waals surface area contributed by atoms with E-state index in [-0.39, 0.29) is 30.3 Å². The summed E-state index contributed by atoms with van der Waals surface area (Å²) in [6, 6.07) is 1.42. The Morgan fingerprint density at radius 1 is 1.37 bits per heavy atom. The fourth-order valence-electron chi connectivity index (χ4n) is 2.50. The van der Waals surface area contributed by atoms with Gasteiger partial charge in [-0.05, 0) is 18.9 Å². The van der Waals surface area contributed by atoms with Crippen LogP contribution in [0, 0.1) is 5.92 Å². The first-order valence-corrected chi connectivity index (χ1v) is 6.49. The van der Waals surface area contributed by atoms with E-state index in [4.69, 9.17) is 15.9 Å². The average molecular weight is 265 g/mol. The van der Waals surface area contributed by atoms with Crippen molar-refractivity contribution in [1.29, 1.82) is 0 Å². The zero-order valence-corrected chi connectivity index (χ0v) is 10.7. The summed E-state index contributed by atoms with van der Waals surface area (Å²) in [7, 11) is 0. The molecule has 2 atom stereocenters. The lowest BCUT2D eigenvalue weighted by Crippen LogP contribution is -2.47. The van der Waals surface area contributed by atoms with Crippen molar-refractivity contribution >= 4 is 11.8 Å². The first-order chi connectivity index (χ1) is 9.11. The van der Waals surface area contributed by atoms with Gasteiger partial charge in [-0.2, -0.15) is 0 Å². The number of carbonyl (C=O) groups excluding carboxylic acids is 2. The van der Waals surface area contributed by atoms with Gasteiger partial charge in [0.2, 0.25) is 5.91 Å². The minimum atomic E-state index is -0.347. The minimum absolute atomic E-state index is 0.185. The molecule has 0 aliphatic heterocycles. The number of primary amides is 1. The summed E-state index contributed by atoms with van der Waals surface area (Å²) in [4.78, 5) is 23.4. The second kappa shape index (κ2) is 5.88. The summed E-state index contributed by atoms with van der Waals surface area (Å²) < 4.78 is 5.12. The molecule has 1 heterocycles. The van der Waals surface area contributed by atoms with Gasteiger partial charge < -0.3 is 21.2 Å². The van der Waals surface area contributed by atoms with Crippen LogP contribution in [0.2, 0.25) is 0 Å². The van der Waals surface area contributed by atoms with Gasteiger partial charge in [-0.15, -0.1) is 0 Å². The molecule has 2 rings (SSSR count). The van der Waals surface area contributed by atoms with E-state index in [1.54, 1.807) is 6.07 Å². The molecule has 2 unspecified atom stereocenters. The summed E-state index contributed by atoms with van der Waals surface area (Å²) >= 11 is 0. The van der Waals surface area contributed by atoms with E-state index in [1.165, 1.54) is 6.26 Å².